The van der Waals surface area contributed by atoms with Crippen LogP contribution in [-0.4, -0.2) is 30.5 Å². The smallest absolute Gasteiger partial charge is 0.224 e. The third-order valence-corrected chi connectivity index (χ3v) is 5.64. The van der Waals surface area contributed by atoms with Crippen LogP contribution >= 0.6 is 0 Å². The van der Waals surface area contributed by atoms with Gasteiger partial charge in [-0.1, -0.05) is 42.5 Å². The van der Waals surface area contributed by atoms with Crippen LogP contribution in [-0.2, 0) is 11.2 Å². The van der Waals surface area contributed by atoms with Crippen LogP contribution in [0.15, 0.2) is 60.8 Å². The Bertz CT molecular complexity index is 1040. The maximum atomic E-state index is 12.5. The molecule has 2 heterocycles. The number of benzene rings is 2. The summed E-state index contributed by atoms with van der Waals surface area (Å²) in [4.78, 5) is 19.1. The van der Waals surface area contributed by atoms with E-state index in [2.05, 4.69) is 39.5 Å². The lowest BCUT2D eigenvalue weighted by molar-refractivity contribution is -0.120. The molecule has 29 heavy (non-hydrogen) atoms. The van der Waals surface area contributed by atoms with Crippen molar-refractivity contribution in [1.29, 1.82) is 5.26 Å². The van der Waals surface area contributed by atoms with Crippen LogP contribution in [0.25, 0.3) is 10.8 Å². The largest absolute Gasteiger partial charge is 0.356 e. The average molecular weight is 384 g/mol. The minimum Gasteiger partial charge on any atom is -0.356 e. The van der Waals surface area contributed by atoms with Crippen LogP contribution in [0.3, 0.4) is 0 Å². The fourth-order valence-electron chi connectivity index (χ4n) is 4.03. The average Bonchev–Trinajstić information content (AvgIpc) is 2.78. The molecular formula is C24H24N4O. The van der Waals surface area contributed by atoms with E-state index in [1.807, 2.05) is 30.3 Å². The van der Waals surface area contributed by atoms with Crippen LogP contribution in [0.1, 0.15) is 24.0 Å². The summed E-state index contributed by atoms with van der Waals surface area (Å²) in [6, 6.07) is 20.1. The number of pyridine rings is 1. The molecule has 1 N–H and O–H groups in total. The van der Waals surface area contributed by atoms with Crippen molar-refractivity contribution < 1.29 is 4.79 Å². The van der Waals surface area contributed by atoms with Gasteiger partial charge in [-0.05, 0) is 47.2 Å². The Morgan fingerprint density at radius 3 is 2.72 bits per heavy atom. The Morgan fingerprint density at radius 2 is 1.90 bits per heavy atom. The number of amides is 1. The summed E-state index contributed by atoms with van der Waals surface area (Å²) in [5, 5.41) is 14.7. The van der Waals surface area contributed by atoms with Gasteiger partial charge in [0.05, 0.1) is 12.0 Å². The maximum absolute atomic E-state index is 12.5. The highest BCUT2D eigenvalue weighted by Crippen LogP contribution is 2.24. The van der Waals surface area contributed by atoms with Gasteiger partial charge < -0.3 is 10.2 Å². The number of nitriles is 1. The van der Waals surface area contributed by atoms with E-state index < -0.39 is 0 Å². The summed E-state index contributed by atoms with van der Waals surface area (Å²) in [7, 11) is 0. The van der Waals surface area contributed by atoms with Crippen LogP contribution in [0.2, 0.25) is 0 Å². The van der Waals surface area contributed by atoms with E-state index in [1.165, 1.54) is 0 Å². The summed E-state index contributed by atoms with van der Waals surface area (Å²) in [5.41, 5.74) is 1.68. The molecule has 0 spiro atoms. The first-order valence-corrected chi connectivity index (χ1v) is 10.1. The Labute approximate surface area is 171 Å². The minimum atomic E-state index is 0.0697. The van der Waals surface area contributed by atoms with E-state index in [0.717, 1.165) is 48.1 Å². The molecule has 0 saturated carbocycles. The van der Waals surface area contributed by atoms with E-state index in [4.69, 9.17) is 0 Å². The second-order valence-electron chi connectivity index (χ2n) is 7.54. The first-order chi connectivity index (χ1) is 14.2. The van der Waals surface area contributed by atoms with Crippen molar-refractivity contribution in [2.75, 3.05) is 24.5 Å². The highest BCUT2D eigenvalue weighted by Gasteiger charge is 2.22. The topological polar surface area (TPSA) is 69.0 Å². The minimum absolute atomic E-state index is 0.0697. The normalized spacial score (nSPS) is 14.5. The molecule has 0 unspecified atom stereocenters. The number of carbonyl (C=O) groups excluding carboxylic acids is 1. The summed E-state index contributed by atoms with van der Waals surface area (Å²) >= 11 is 0. The highest BCUT2D eigenvalue weighted by molar-refractivity contribution is 5.90. The summed E-state index contributed by atoms with van der Waals surface area (Å²) < 4.78 is 0. The fourth-order valence-corrected chi connectivity index (χ4v) is 4.03. The zero-order valence-electron chi connectivity index (χ0n) is 16.3. The number of carbonyl (C=O) groups is 1. The molecule has 0 atom stereocenters. The molecule has 4 rings (SSSR count). The van der Waals surface area contributed by atoms with E-state index in [-0.39, 0.29) is 5.91 Å². The van der Waals surface area contributed by atoms with Crippen LogP contribution in [0.4, 0.5) is 5.82 Å². The van der Waals surface area contributed by atoms with Crippen molar-refractivity contribution >= 4 is 22.5 Å². The zero-order valence-corrected chi connectivity index (χ0v) is 16.3. The fraction of sp³-hybridized carbons (Fsp3) is 0.292. The van der Waals surface area contributed by atoms with Crippen molar-refractivity contribution in [3.63, 3.8) is 0 Å². The molecule has 1 aliphatic rings. The molecule has 1 saturated heterocycles. The monoisotopic (exact) mass is 384 g/mol. The lowest BCUT2D eigenvalue weighted by Gasteiger charge is -2.33. The second-order valence-corrected chi connectivity index (χ2v) is 7.54. The number of hydrogen-bond donors (Lipinski definition) is 1. The van der Waals surface area contributed by atoms with Crippen LogP contribution < -0.4 is 10.2 Å². The second kappa shape index (κ2) is 8.74. The molecule has 0 aliphatic carbocycles. The number of aromatic nitrogens is 1. The number of fused-ring (bicyclic) bond motifs is 1. The van der Waals surface area contributed by atoms with E-state index in [9.17, 15) is 10.1 Å². The van der Waals surface area contributed by atoms with E-state index in [0.29, 0.717) is 24.4 Å². The predicted octanol–water partition coefficient (Wildman–Crippen LogP) is 3.68. The Hall–Kier alpha value is -3.39. The summed E-state index contributed by atoms with van der Waals surface area (Å²) in [6.07, 6.45) is 4.10. The summed E-state index contributed by atoms with van der Waals surface area (Å²) in [6.45, 7) is 2.41. The molecule has 0 bridgehead atoms. The molecule has 2 aromatic carbocycles. The molecule has 3 aromatic rings. The van der Waals surface area contributed by atoms with Crippen molar-refractivity contribution in [2.45, 2.75) is 19.3 Å². The van der Waals surface area contributed by atoms with Gasteiger partial charge in [0.2, 0.25) is 5.91 Å². The van der Waals surface area contributed by atoms with Gasteiger partial charge in [0.1, 0.15) is 11.9 Å². The van der Waals surface area contributed by atoms with Gasteiger partial charge in [-0.15, -0.1) is 0 Å². The molecule has 0 radical (unpaired) electrons. The number of anilines is 1. The van der Waals surface area contributed by atoms with E-state index >= 15 is 0 Å². The number of nitrogens with one attached hydrogen (secondary N) is 1. The van der Waals surface area contributed by atoms with Crippen molar-refractivity contribution in [3.05, 3.63) is 71.9 Å². The quantitative estimate of drug-likeness (QED) is 0.729. The summed E-state index contributed by atoms with van der Waals surface area (Å²) in [5.74, 6) is 1.30. The standard InChI is InChI=1S/C24H24N4O/c25-16-21-8-4-12-26-24(21)28-13-10-18(11-14-28)17-27-23(29)15-20-7-3-6-19-5-1-2-9-22(19)20/h1-9,12,18H,10-11,13-15,17H2,(H,27,29). The first kappa shape index (κ1) is 18.9. The predicted molar refractivity (Wildman–Crippen MR) is 115 cm³/mol. The molecule has 1 amide bonds. The van der Waals surface area contributed by atoms with Gasteiger partial charge in [0, 0.05) is 25.8 Å². The van der Waals surface area contributed by atoms with E-state index in [1.54, 1.807) is 12.3 Å². The van der Waals surface area contributed by atoms with Gasteiger partial charge in [0.25, 0.3) is 0 Å². The SMILES string of the molecule is N#Cc1cccnc1N1CCC(CNC(=O)Cc2cccc3ccccc23)CC1. The van der Waals surface area contributed by atoms with Gasteiger partial charge in [-0.2, -0.15) is 5.26 Å². The van der Waals surface area contributed by atoms with Gasteiger partial charge in [-0.25, -0.2) is 4.98 Å². The Balaban J connectivity index is 1.29. The van der Waals surface area contributed by atoms with Crippen molar-refractivity contribution in [3.8, 4) is 6.07 Å². The maximum Gasteiger partial charge on any atom is 0.224 e. The zero-order chi connectivity index (χ0) is 20.1. The number of piperidine rings is 1. The molecular weight excluding hydrogens is 360 g/mol. The van der Waals surface area contributed by atoms with Crippen molar-refractivity contribution in [2.24, 2.45) is 5.92 Å². The van der Waals surface area contributed by atoms with Crippen molar-refractivity contribution in [1.82, 2.24) is 10.3 Å². The third kappa shape index (κ3) is 4.38. The Morgan fingerprint density at radius 1 is 1.10 bits per heavy atom. The molecule has 1 aliphatic heterocycles. The van der Waals surface area contributed by atoms with Gasteiger partial charge >= 0.3 is 0 Å². The Kier molecular flexibility index (Phi) is 5.71. The lowest BCUT2D eigenvalue weighted by Crippen LogP contribution is -2.39. The van der Waals surface area contributed by atoms with Crippen LogP contribution in [0.5, 0.6) is 0 Å². The first-order valence-electron chi connectivity index (χ1n) is 10.1. The lowest BCUT2D eigenvalue weighted by atomic mass is 9.96. The number of hydrogen-bond acceptors (Lipinski definition) is 4. The molecule has 1 fully saturated rings. The molecule has 146 valence electrons. The number of rotatable bonds is 5. The van der Waals surface area contributed by atoms with Gasteiger partial charge in [0.15, 0.2) is 0 Å². The van der Waals surface area contributed by atoms with Gasteiger partial charge in [-0.3, -0.25) is 4.79 Å². The van der Waals surface area contributed by atoms with Crippen LogP contribution in [0, 0.1) is 17.2 Å². The highest BCUT2D eigenvalue weighted by atomic mass is 16.1. The molecule has 1 aromatic heterocycles. The number of nitrogens with zero attached hydrogens (tertiary/aromatic N) is 3. The third-order valence-electron chi connectivity index (χ3n) is 5.64. The molecule has 5 heteroatoms. The molecule has 5 nitrogen and oxygen atoms in total.